The summed E-state index contributed by atoms with van der Waals surface area (Å²) in [4.78, 5) is 22.4. The highest BCUT2D eigenvalue weighted by Gasteiger charge is 2.42. The first kappa shape index (κ1) is 15.8. The molecule has 1 fully saturated rings. The summed E-state index contributed by atoms with van der Waals surface area (Å²) in [7, 11) is 0. The molecular weight excluding hydrogens is 323 g/mol. The molecule has 114 valence electrons. The molecule has 7 nitrogen and oxygen atoms in total. The van der Waals surface area contributed by atoms with Crippen LogP contribution < -0.4 is 4.90 Å². The van der Waals surface area contributed by atoms with Crippen LogP contribution in [0.25, 0.3) is 0 Å². The van der Waals surface area contributed by atoms with Crippen molar-refractivity contribution in [3.8, 4) is 0 Å². The smallest absolute Gasteiger partial charge is 0.329 e. The summed E-state index contributed by atoms with van der Waals surface area (Å²) >= 11 is 12.1. The fourth-order valence-electron chi connectivity index (χ4n) is 2.21. The van der Waals surface area contributed by atoms with Gasteiger partial charge in [-0.1, -0.05) is 23.2 Å². The molecule has 0 radical (unpaired) electrons. The number of ether oxygens (including phenoxy) is 1. The van der Waals surface area contributed by atoms with Gasteiger partial charge in [0.05, 0.1) is 20.7 Å². The van der Waals surface area contributed by atoms with Crippen LogP contribution in [0.5, 0.6) is 0 Å². The number of aliphatic carboxylic acids is 1. The van der Waals surface area contributed by atoms with Crippen LogP contribution >= 0.6 is 23.2 Å². The Bertz CT molecular complexity index is 578. The minimum Gasteiger partial charge on any atom is -0.480 e. The maximum atomic E-state index is 10.7. The Balaban J connectivity index is 2.12. The molecule has 1 heterocycles. The number of anilines is 1. The fraction of sp³-hybridized carbons (Fsp3) is 0.417. The monoisotopic (exact) mass is 334 g/mol. The zero-order chi connectivity index (χ0) is 15.8. The largest absolute Gasteiger partial charge is 0.480 e. The van der Waals surface area contributed by atoms with Crippen molar-refractivity contribution in [2.75, 3.05) is 24.6 Å². The summed E-state index contributed by atoms with van der Waals surface area (Å²) in [6.45, 7) is 2.20. The summed E-state index contributed by atoms with van der Waals surface area (Å²) in [6, 6.07) is 2.47. The fourth-order valence-corrected chi connectivity index (χ4v) is 2.92. The van der Waals surface area contributed by atoms with Crippen LogP contribution in [0.4, 0.5) is 11.4 Å². The number of nitro groups is 1. The molecule has 0 spiro atoms. The highest BCUT2D eigenvalue weighted by molar-refractivity contribution is 6.39. The van der Waals surface area contributed by atoms with E-state index in [0.29, 0.717) is 18.8 Å². The number of rotatable bonds is 5. The second-order valence-corrected chi connectivity index (χ2v) is 5.82. The molecule has 0 atom stereocenters. The van der Waals surface area contributed by atoms with Crippen molar-refractivity contribution in [1.82, 2.24) is 0 Å². The molecule has 0 saturated carbocycles. The van der Waals surface area contributed by atoms with E-state index in [0.717, 1.165) is 0 Å². The average molecular weight is 335 g/mol. The molecular formula is C12H12Cl2N2O5. The van der Waals surface area contributed by atoms with E-state index < -0.39 is 16.5 Å². The van der Waals surface area contributed by atoms with Crippen molar-refractivity contribution >= 4 is 40.5 Å². The van der Waals surface area contributed by atoms with Gasteiger partial charge in [-0.2, -0.15) is 0 Å². The minimum atomic E-state index is -1.04. The van der Waals surface area contributed by atoms with Gasteiger partial charge in [0.1, 0.15) is 12.2 Å². The zero-order valence-corrected chi connectivity index (χ0v) is 12.5. The number of benzene rings is 1. The van der Waals surface area contributed by atoms with Gasteiger partial charge in [0, 0.05) is 25.2 Å². The second-order valence-electron chi connectivity index (χ2n) is 5.00. The molecule has 1 aliphatic rings. The molecule has 1 saturated heterocycles. The van der Waals surface area contributed by atoms with Crippen molar-refractivity contribution in [2.45, 2.75) is 12.5 Å². The lowest BCUT2D eigenvalue weighted by Crippen LogP contribution is -2.62. The van der Waals surface area contributed by atoms with E-state index in [-0.39, 0.29) is 22.3 Å². The van der Waals surface area contributed by atoms with Crippen molar-refractivity contribution in [3.63, 3.8) is 0 Å². The summed E-state index contributed by atoms with van der Waals surface area (Å²) in [5.41, 5.74) is -0.299. The number of carbonyl (C=O) groups is 1. The van der Waals surface area contributed by atoms with E-state index in [1.807, 2.05) is 0 Å². The average Bonchev–Trinajstić information content (AvgIpc) is 2.33. The predicted molar refractivity (Wildman–Crippen MR) is 77.3 cm³/mol. The van der Waals surface area contributed by atoms with Gasteiger partial charge in [-0.3, -0.25) is 10.1 Å². The standard InChI is InChI=1S/C12H12Cl2N2O5/c1-12(21-4-10(17)18)5-15(6-12)11-8(13)2-7(16(19)20)3-9(11)14/h2-3H,4-6H2,1H3,(H,17,18). The number of non-ortho nitro benzene ring substituents is 1. The van der Waals surface area contributed by atoms with Crippen LogP contribution in [0, 0.1) is 10.1 Å². The molecule has 2 rings (SSSR count). The highest BCUT2D eigenvalue weighted by atomic mass is 35.5. The van der Waals surface area contributed by atoms with Crippen LogP contribution in [0.3, 0.4) is 0 Å². The van der Waals surface area contributed by atoms with E-state index in [4.69, 9.17) is 33.0 Å². The van der Waals surface area contributed by atoms with Gasteiger partial charge >= 0.3 is 5.97 Å². The Labute approximate surface area is 130 Å². The van der Waals surface area contributed by atoms with E-state index in [1.54, 1.807) is 11.8 Å². The molecule has 9 heteroatoms. The van der Waals surface area contributed by atoms with Gasteiger partial charge in [-0.15, -0.1) is 0 Å². The lowest BCUT2D eigenvalue weighted by Gasteiger charge is -2.49. The van der Waals surface area contributed by atoms with E-state index in [2.05, 4.69) is 0 Å². The van der Waals surface area contributed by atoms with Crippen LogP contribution in [0.1, 0.15) is 6.92 Å². The molecule has 21 heavy (non-hydrogen) atoms. The second kappa shape index (κ2) is 5.67. The third kappa shape index (κ3) is 3.37. The Morgan fingerprint density at radius 2 is 2.00 bits per heavy atom. The van der Waals surface area contributed by atoms with E-state index >= 15 is 0 Å². The number of nitrogens with zero attached hydrogens (tertiary/aromatic N) is 2. The highest BCUT2D eigenvalue weighted by Crippen LogP contribution is 2.41. The summed E-state index contributed by atoms with van der Waals surface area (Å²) in [6.07, 6.45) is 0. The number of nitro benzene ring substituents is 1. The number of carboxylic acid groups (broad SMARTS) is 1. The summed E-state index contributed by atoms with van der Waals surface area (Å²) < 4.78 is 5.28. The normalized spacial score (nSPS) is 16.4. The third-order valence-electron chi connectivity index (χ3n) is 3.12. The third-order valence-corrected chi connectivity index (χ3v) is 3.70. The van der Waals surface area contributed by atoms with Gasteiger partial charge in [-0.05, 0) is 6.92 Å². The lowest BCUT2D eigenvalue weighted by molar-refractivity contribution is -0.384. The molecule has 0 aromatic heterocycles. The number of halogens is 2. The molecule has 1 aliphatic heterocycles. The van der Waals surface area contributed by atoms with E-state index in [1.165, 1.54) is 12.1 Å². The minimum absolute atomic E-state index is 0.175. The number of carboxylic acids is 1. The maximum absolute atomic E-state index is 10.7. The molecule has 0 unspecified atom stereocenters. The van der Waals surface area contributed by atoms with Gasteiger partial charge in [0.15, 0.2) is 0 Å². The Hall–Kier alpha value is -1.57. The quantitative estimate of drug-likeness (QED) is 0.657. The lowest BCUT2D eigenvalue weighted by atomic mass is 9.95. The van der Waals surface area contributed by atoms with Crippen LogP contribution in [0.15, 0.2) is 12.1 Å². The molecule has 0 amide bonds. The van der Waals surface area contributed by atoms with Gasteiger partial charge in [0.25, 0.3) is 5.69 Å². The van der Waals surface area contributed by atoms with Crippen LogP contribution in [0.2, 0.25) is 10.0 Å². The molecule has 0 aliphatic carbocycles. The van der Waals surface area contributed by atoms with Gasteiger partial charge in [-0.25, -0.2) is 4.79 Å². The number of hydrogen-bond donors (Lipinski definition) is 1. The van der Waals surface area contributed by atoms with Gasteiger partial charge < -0.3 is 14.7 Å². The molecule has 1 N–H and O–H groups in total. The van der Waals surface area contributed by atoms with E-state index in [9.17, 15) is 14.9 Å². The zero-order valence-electron chi connectivity index (χ0n) is 11.0. The first-order chi connectivity index (χ1) is 9.72. The number of hydrogen-bond acceptors (Lipinski definition) is 5. The Kier molecular flexibility index (Phi) is 4.27. The first-order valence-electron chi connectivity index (χ1n) is 5.96. The SMILES string of the molecule is CC1(OCC(=O)O)CN(c2c(Cl)cc([N+](=O)[O-])cc2Cl)C1. The van der Waals surface area contributed by atoms with Crippen molar-refractivity contribution in [2.24, 2.45) is 0 Å². The molecule has 1 aromatic rings. The Morgan fingerprint density at radius 1 is 1.48 bits per heavy atom. The molecule has 1 aromatic carbocycles. The van der Waals surface area contributed by atoms with Crippen LogP contribution in [-0.4, -0.2) is 41.3 Å². The summed E-state index contributed by atoms with van der Waals surface area (Å²) in [5.74, 6) is -1.04. The topological polar surface area (TPSA) is 92.9 Å². The summed E-state index contributed by atoms with van der Waals surface area (Å²) in [5, 5.41) is 19.7. The predicted octanol–water partition coefficient (Wildman–Crippen LogP) is 2.58. The maximum Gasteiger partial charge on any atom is 0.329 e. The van der Waals surface area contributed by atoms with Crippen LogP contribution in [-0.2, 0) is 9.53 Å². The Morgan fingerprint density at radius 3 is 2.43 bits per heavy atom. The molecule has 0 bridgehead atoms. The van der Waals surface area contributed by atoms with Crippen molar-refractivity contribution < 1.29 is 19.6 Å². The van der Waals surface area contributed by atoms with Crippen molar-refractivity contribution in [1.29, 1.82) is 0 Å². The van der Waals surface area contributed by atoms with Gasteiger partial charge in [0.2, 0.25) is 0 Å². The van der Waals surface area contributed by atoms with Crippen molar-refractivity contribution in [3.05, 3.63) is 32.3 Å². The first-order valence-corrected chi connectivity index (χ1v) is 6.71.